The molecule has 7 heteroatoms. The summed E-state index contributed by atoms with van der Waals surface area (Å²) in [5.74, 6) is 1.16. The Hall–Kier alpha value is -1.50. The summed E-state index contributed by atoms with van der Waals surface area (Å²) in [6, 6.07) is 0. The van der Waals surface area contributed by atoms with E-state index >= 15 is 0 Å². The van der Waals surface area contributed by atoms with Crippen LogP contribution in [0, 0.1) is 13.8 Å². The van der Waals surface area contributed by atoms with E-state index in [9.17, 15) is 9.59 Å². The van der Waals surface area contributed by atoms with Crippen LogP contribution in [-0.2, 0) is 9.59 Å². The molecular weight excluding hydrogens is 278 g/mol. The predicted octanol–water partition coefficient (Wildman–Crippen LogP) is 1.12. The number of amides is 2. The zero-order valence-electron chi connectivity index (χ0n) is 11.8. The zero-order valence-corrected chi connectivity index (χ0v) is 12.6. The van der Waals surface area contributed by atoms with Crippen molar-refractivity contribution in [2.24, 2.45) is 0 Å². The Kier molecular flexibility index (Phi) is 5.05. The van der Waals surface area contributed by atoms with Crippen LogP contribution in [0.3, 0.4) is 0 Å². The van der Waals surface area contributed by atoms with Crippen molar-refractivity contribution >= 4 is 23.6 Å². The number of aromatic nitrogens is 1. The first-order valence-electron chi connectivity index (χ1n) is 6.67. The molecule has 0 radical (unpaired) electrons. The number of aryl methyl sites for hydroxylation is 2. The van der Waals surface area contributed by atoms with Crippen LogP contribution < -0.4 is 5.32 Å². The molecule has 2 amide bonds. The van der Waals surface area contributed by atoms with Gasteiger partial charge in [-0.3, -0.25) is 9.59 Å². The minimum Gasteiger partial charge on any atom is -0.437 e. The highest BCUT2D eigenvalue weighted by Gasteiger charge is 2.19. The summed E-state index contributed by atoms with van der Waals surface area (Å²) in [4.78, 5) is 29.0. The lowest BCUT2D eigenvalue weighted by Gasteiger charge is -2.15. The molecule has 1 saturated heterocycles. The van der Waals surface area contributed by atoms with Gasteiger partial charge in [-0.15, -0.1) is 0 Å². The summed E-state index contributed by atoms with van der Waals surface area (Å²) in [7, 11) is 0. The van der Waals surface area contributed by atoms with E-state index in [1.165, 1.54) is 11.8 Å². The number of hydrogen-bond donors (Lipinski definition) is 1. The molecule has 1 aromatic heterocycles. The molecule has 0 unspecified atom stereocenters. The third-order valence-electron chi connectivity index (χ3n) is 3.21. The number of nitrogens with zero attached hydrogens (tertiary/aromatic N) is 2. The Morgan fingerprint density at radius 2 is 2.30 bits per heavy atom. The zero-order chi connectivity index (χ0) is 14.5. The summed E-state index contributed by atoms with van der Waals surface area (Å²) in [6.07, 6.45) is 1.55. The number of carbonyl (C=O) groups is 2. The van der Waals surface area contributed by atoms with Gasteiger partial charge >= 0.3 is 0 Å². The summed E-state index contributed by atoms with van der Waals surface area (Å²) < 4.78 is 5.38. The highest BCUT2D eigenvalue weighted by molar-refractivity contribution is 7.99. The maximum absolute atomic E-state index is 11.7. The molecule has 6 nitrogen and oxygen atoms in total. The molecule has 0 bridgehead atoms. The van der Waals surface area contributed by atoms with Crippen LogP contribution in [0.5, 0.6) is 0 Å². The fourth-order valence-corrected chi connectivity index (χ4v) is 2.70. The van der Waals surface area contributed by atoms with Gasteiger partial charge in [-0.2, -0.15) is 0 Å². The van der Waals surface area contributed by atoms with Gasteiger partial charge in [0.05, 0.1) is 11.4 Å². The second-order valence-electron chi connectivity index (χ2n) is 4.74. The van der Waals surface area contributed by atoms with Gasteiger partial charge in [-0.05, 0) is 20.3 Å². The molecule has 2 heterocycles. The van der Waals surface area contributed by atoms with Crippen molar-refractivity contribution in [3.8, 4) is 0 Å². The molecular formula is C13H19N3O3S. The van der Waals surface area contributed by atoms with Gasteiger partial charge in [0.25, 0.3) is 5.22 Å². The second-order valence-corrected chi connectivity index (χ2v) is 5.67. The number of oxazole rings is 1. The second kappa shape index (κ2) is 6.78. The minimum absolute atomic E-state index is 0.0739. The van der Waals surface area contributed by atoms with Crippen molar-refractivity contribution < 1.29 is 14.0 Å². The van der Waals surface area contributed by atoms with Crippen LogP contribution in [0.25, 0.3) is 0 Å². The maximum atomic E-state index is 11.7. The van der Waals surface area contributed by atoms with E-state index in [0.29, 0.717) is 24.7 Å². The number of nitrogens with one attached hydrogen (secondary N) is 1. The molecule has 1 aliphatic heterocycles. The fraction of sp³-hybridized carbons (Fsp3) is 0.615. The monoisotopic (exact) mass is 297 g/mol. The molecule has 0 saturated carbocycles. The highest BCUT2D eigenvalue weighted by atomic mass is 32.2. The molecule has 1 aliphatic rings. The fourth-order valence-electron chi connectivity index (χ4n) is 1.95. The number of carbonyl (C=O) groups excluding carboxylic acids is 2. The molecule has 0 spiro atoms. The van der Waals surface area contributed by atoms with Gasteiger partial charge in [-0.1, -0.05) is 11.8 Å². The van der Waals surface area contributed by atoms with Crippen molar-refractivity contribution in [2.45, 2.75) is 31.9 Å². The first-order valence-corrected chi connectivity index (χ1v) is 7.66. The highest BCUT2D eigenvalue weighted by Crippen LogP contribution is 2.19. The topological polar surface area (TPSA) is 75.4 Å². The van der Waals surface area contributed by atoms with E-state index in [-0.39, 0.29) is 17.6 Å². The van der Waals surface area contributed by atoms with Crippen molar-refractivity contribution in [1.29, 1.82) is 0 Å². The summed E-state index contributed by atoms with van der Waals surface area (Å²) in [5.41, 5.74) is 0.848. The summed E-state index contributed by atoms with van der Waals surface area (Å²) >= 11 is 1.28. The van der Waals surface area contributed by atoms with Gasteiger partial charge < -0.3 is 14.6 Å². The average Bonchev–Trinajstić information content (AvgIpc) is 2.95. The van der Waals surface area contributed by atoms with Crippen LogP contribution in [0.1, 0.15) is 24.3 Å². The number of hydrogen-bond acceptors (Lipinski definition) is 5. The molecule has 1 fully saturated rings. The van der Waals surface area contributed by atoms with Gasteiger partial charge in [-0.25, -0.2) is 4.98 Å². The lowest BCUT2D eigenvalue weighted by atomic mass is 10.4. The van der Waals surface area contributed by atoms with E-state index in [1.807, 2.05) is 13.8 Å². The van der Waals surface area contributed by atoms with E-state index in [2.05, 4.69) is 10.3 Å². The van der Waals surface area contributed by atoms with E-state index < -0.39 is 0 Å². The Morgan fingerprint density at radius 1 is 1.50 bits per heavy atom. The molecule has 110 valence electrons. The standard InChI is InChI=1S/C13H19N3O3S/c1-9-10(2)19-13(15-9)20-8-11(17)14-5-7-16-6-3-4-12(16)18/h3-8H2,1-2H3,(H,14,17). The van der Waals surface area contributed by atoms with E-state index in [0.717, 1.165) is 24.4 Å². The lowest BCUT2D eigenvalue weighted by molar-refractivity contribution is -0.128. The van der Waals surface area contributed by atoms with Crippen LogP contribution >= 0.6 is 11.8 Å². The maximum Gasteiger partial charge on any atom is 0.256 e. The van der Waals surface area contributed by atoms with E-state index in [4.69, 9.17) is 4.42 Å². The normalized spacial score (nSPS) is 14.9. The average molecular weight is 297 g/mol. The first kappa shape index (κ1) is 14.9. The van der Waals surface area contributed by atoms with E-state index in [1.54, 1.807) is 4.90 Å². The SMILES string of the molecule is Cc1nc(SCC(=O)NCCN2CCCC2=O)oc1C. The summed E-state index contributed by atoms with van der Waals surface area (Å²) in [6.45, 7) is 5.61. The Morgan fingerprint density at radius 3 is 2.90 bits per heavy atom. The van der Waals surface area contributed by atoms with Crippen molar-refractivity contribution in [3.05, 3.63) is 11.5 Å². The molecule has 0 aliphatic carbocycles. The van der Waals surface area contributed by atoms with Crippen LogP contribution in [0.4, 0.5) is 0 Å². The Labute approximate surface area is 122 Å². The molecule has 1 N–H and O–H groups in total. The van der Waals surface area contributed by atoms with Crippen LogP contribution in [0.2, 0.25) is 0 Å². The minimum atomic E-state index is -0.0739. The quantitative estimate of drug-likeness (QED) is 0.796. The number of thioether (sulfide) groups is 1. The first-order chi connectivity index (χ1) is 9.56. The molecule has 1 aromatic rings. The predicted molar refractivity (Wildman–Crippen MR) is 75.5 cm³/mol. The van der Waals surface area contributed by atoms with Crippen LogP contribution in [-0.4, -0.2) is 47.1 Å². The van der Waals surface area contributed by atoms with Gasteiger partial charge in [0.15, 0.2) is 0 Å². The summed E-state index contributed by atoms with van der Waals surface area (Å²) in [5, 5.41) is 3.32. The van der Waals surface area contributed by atoms with Gasteiger partial charge in [0.2, 0.25) is 11.8 Å². The van der Waals surface area contributed by atoms with Crippen molar-refractivity contribution in [3.63, 3.8) is 0 Å². The number of rotatable bonds is 6. The Bertz CT molecular complexity index is 482. The van der Waals surface area contributed by atoms with Crippen molar-refractivity contribution in [2.75, 3.05) is 25.4 Å². The molecule has 0 atom stereocenters. The molecule has 0 aromatic carbocycles. The molecule has 20 heavy (non-hydrogen) atoms. The largest absolute Gasteiger partial charge is 0.437 e. The smallest absolute Gasteiger partial charge is 0.256 e. The third kappa shape index (κ3) is 4.00. The van der Waals surface area contributed by atoms with Gasteiger partial charge in [0.1, 0.15) is 5.76 Å². The van der Waals surface area contributed by atoms with Crippen LogP contribution in [0.15, 0.2) is 9.64 Å². The lowest BCUT2D eigenvalue weighted by Crippen LogP contribution is -2.36. The Balaban J connectivity index is 1.64. The molecule has 2 rings (SSSR count). The van der Waals surface area contributed by atoms with Gasteiger partial charge in [0, 0.05) is 26.1 Å². The van der Waals surface area contributed by atoms with Crippen molar-refractivity contribution in [1.82, 2.24) is 15.2 Å². The number of likely N-dealkylation sites (tertiary alicyclic amines) is 1. The third-order valence-corrected chi connectivity index (χ3v) is 4.04.